The molecule has 0 aromatic rings. The van der Waals surface area contributed by atoms with Gasteiger partial charge >= 0.3 is 0 Å². The maximum absolute atomic E-state index is 5.31. The van der Waals surface area contributed by atoms with Crippen LogP contribution in [0.4, 0.5) is 0 Å². The lowest BCUT2D eigenvalue weighted by molar-refractivity contribution is 0.340. The Kier molecular flexibility index (Phi) is 1.33. The van der Waals surface area contributed by atoms with Crippen molar-refractivity contribution in [3.8, 4) is 0 Å². The van der Waals surface area contributed by atoms with Gasteiger partial charge in [-0.25, -0.2) is 5.53 Å². The van der Waals surface area contributed by atoms with E-state index in [0.29, 0.717) is 6.00 Å². The maximum Gasteiger partial charge on any atom is 0.213 e. The first-order chi connectivity index (χ1) is 3.43. The molecule has 0 aromatic carbocycles. The number of rotatable bonds is 1. The molecular formula is C2H4ClN4. The quantitative estimate of drug-likeness (QED) is 0.355. The van der Waals surface area contributed by atoms with E-state index < -0.39 is 0 Å². The molecule has 0 fully saturated rings. The van der Waals surface area contributed by atoms with Crippen LogP contribution in [-0.2, 0) is 0 Å². The molecule has 0 saturated carbocycles. The highest BCUT2D eigenvalue weighted by Crippen LogP contribution is 1.82. The van der Waals surface area contributed by atoms with E-state index in [1.54, 1.807) is 0 Å². The average Bonchev–Trinajstić information content (AvgIpc) is 2.14. The summed E-state index contributed by atoms with van der Waals surface area (Å²) in [6.07, 6.45) is 2.51. The third-order valence-electron chi connectivity index (χ3n) is 0.531. The number of hydrazone groups is 1. The van der Waals surface area contributed by atoms with E-state index in [1.807, 2.05) is 0 Å². The maximum atomic E-state index is 5.31. The number of hydrogen-bond acceptors (Lipinski definition) is 4. The third kappa shape index (κ3) is 0.942. The minimum absolute atomic E-state index is 0.344. The van der Waals surface area contributed by atoms with E-state index in [4.69, 9.17) is 11.6 Å². The molecule has 5 heteroatoms. The Morgan fingerprint density at radius 3 is 3.00 bits per heavy atom. The van der Waals surface area contributed by atoms with Crippen molar-refractivity contribution in [2.24, 2.45) is 5.10 Å². The van der Waals surface area contributed by atoms with E-state index in [0.717, 1.165) is 0 Å². The summed E-state index contributed by atoms with van der Waals surface area (Å²) in [4.78, 5) is 0. The van der Waals surface area contributed by atoms with Gasteiger partial charge in [-0.15, -0.1) is 22.2 Å². The van der Waals surface area contributed by atoms with Crippen molar-refractivity contribution in [2.75, 3.05) is 6.00 Å². The molecule has 39 valence electrons. The second kappa shape index (κ2) is 1.99. The third-order valence-corrected chi connectivity index (χ3v) is 0.770. The number of nitrogens with zero attached hydrogens (tertiary/aromatic N) is 2. The van der Waals surface area contributed by atoms with Gasteiger partial charge in [0.2, 0.25) is 6.34 Å². The van der Waals surface area contributed by atoms with Gasteiger partial charge in [-0.2, -0.15) is 0 Å². The molecule has 0 unspecified atom stereocenters. The van der Waals surface area contributed by atoms with Crippen molar-refractivity contribution < 1.29 is 0 Å². The first kappa shape index (κ1) is 4.67. The lowest BCUT2D eigenvalue weighted by Crippen LogP contribution is -2.35. The number of nitrogens with one attached hydrogen (secondary N) is 2. The molecule has 1 rings (SSSR count). The first-order valence-electron chi connectivity index (χ1n) is 1.73. The van der Waals surface area contributed by atoms with Crippen molar-refractivity contribution in [2.45, 2.75) is 0 Å². The summed E-state index contributed by atoms with van der Waals surface area (Å²) in [7, 11) is 0. The topological polar surface area (TPSA) is 39.7 Å². The highest BCUT2D eigenvalue weighted by atomic mass is 35.5. The number of hydrogen-bond donors (Lipinski definition) is 2. The van der Waals surface area contributed by atoms with E-state index in [-0.39, 0.29) is 0 Å². The second-order valence-corrected chi connectivity index (χ2v) is 1.22. The zero-order valence-electron chi connectivity index (χ0n) is 3.48. The minimum atomic E-state index is 0.344. The van der Waals surface area contributed by atoms with Gasteiger partial charge < -0.3 is 0 Å². The van der Waals surface area contributed by atoms with E-state index >= 15 is 0 Å². The lowest BCUT2D eigenvalue weighted by Gasteiger charge is -2.04. The summed E-state index contributed by atoms with van der Waals surface area (Å²) in [5, 5.41) is 4.94. The molecule has 0 spiro atoms. The summed E-state index contributed by atoms with van der Waals surface area (Å²) in [6.45, 7) is 0. The molecule has 7 heavy (non-hydrogen) atoms. The Hall–Kier alpha value is -0.480. The molecule has 1 heterocycles. The Morgan fingerprint density at radius 1 is 1.86 bits per heavy atom. The molecule has 0 aromatic heterocycles. The smallest absolute Gasteiger partial charge is 0.213 e. The minimum Gasteiger partial charge on any atom is -0.253 e. The van der Waals surface area contributed by atoms with Crippen molar-refractivity contribution in [1.29, 1.82) is 0 Å². The van der Waals surface area contributed by atoms with Gasteiger partial charge in [0.1, 0.15) is 6.00 Å². The molecule has 1 aliphatic heterocycles. The standard InChI is InChI=1S/C2H4ClN4/c3-1-7-2-4-5-6-7/h5-6H,1H2. The zero-order chi connectivity index (χ0) is 5.11. The highest BCUT2D eigenvalue weighted by Gasteiger charge is 1.99. The molecule has 0 saturated heterocycles. The van der Waals surface area contributed by atoms with Crippen LogP contribution < -0.4 is 11.1 Å². The van der Waals surface area contributed by atoms with Crippen LogP contribution in [0.5, 0.6) is 0 Å². The van der Waals surface area contributed by atoms with Gasteiger partial charge in [0.15, 0.2) is 0 Å². The van der Waals surface area contributed by atoms with Crippen molar-refractivity contribution in [1.82, 2.24) is 16.1 Å². The highest BCUT2D eigenvalue weighted by molar-refractivity contribution is 6.18. The van der Waals surface area contributed by atoms with Gasteiger partial charge in [0.05, 0.1) is 0 Å². The SMILES string of the molecule is ClCN1[C]=NNN1. The Labute approximate surface area is 46.1 Å². The molecular weight excluding hydrogens is 116 g/mol. The Balaban J connectivity index is 2.28. The fraction of sp³-hybridized carbons (Fsp3) is 0.500. The van der Waals surface area contributed by atoms with E-state index in [2.05, 4.69) is 22.5 Å². The van der Waals surface area contributed by atoms with Crippen LogP contribution in [0.1, 0.15) is 0 Å². The van der Waals surface area contributed by atoms with Crippen LogP contribution in [0.15, 0.2) is 5.10 Å². The van der Waals surface area contributed by atoms with Crippen molar-refractivity contribution in [3.05, 3.63) is 0 Å². The summed E-state index contributed by atoms with van der Waals surface area (Å²) >= 11 is 5.31. The largest absolute Gasteiger partial charge is 0.253 e. The van der Waals surface area contributed by atoms with Gasteiger partial charge in [0, 0.05) is 0 Å². The molecule has 0 atom stereocenters. The Bertz CT molecular complexity index is 81.8. The zero-order valence-corrected chi connectivity index (χ0v) is 4.24. The molecule has 1 radical (unpaired) electrons. The number of alkyl halides is 1. The second-order valence-electron chi connectivity index (χ2n) is 0.983. The van der Waals surface area contributed by atoms with Crippen molar-refractivity contribution >= 4 is 17.9 Å². The van der Waals surface area contributed by atoms with E-state index in [9.17, 15) is 0 Å². The van der Waals surface area contributed by atoms with Gasteiger partial charge in [-0.05, 0) is 0 Å². The number of halogens is 1. The molecule has 0 bridgehead atoms. The van der Waals surface area contributed by atoms with Crippen LogP contribution in [0.25, 0.3) is 0 Å². The number of hydrazine groups is 2. The first-order valence-corrected chi connectivity index (χ1v) is 2.26. The van der Waals surface area contributed by atoms with Crippen LogP contribution in [0.3, 0.4) is 0 Å². The summed E-state index contributed by atoms with van der Waals surface area (Å²) in [5.74, 6) is 0. The molecule has 1 aliphatic rings. The molecule has 4 nitrogen and oxygen atoms in total. The fourth-order valence-electron chi connectivity index (χ4n) is 0.252. The normalized spacial score (nSPS) is 17.6. The van der Waals surface area contributed by atoms with Crippen molar-refractivity contribution in [3.63, 3.8) is 0 Å². The van der Waals surface area contributed by atoms with Crippen LogP contribution in [0.2, 0.25) is 0 Å². The lowest BCUT2D eigenvalue weighted by atomic mass is 11.1. The van der Waals surface area contributed by atoms with Crippen LogP contribution >= 0.6 is 11.6 Å². The van der Waals surface area contributed by atoms with Gasteiger partial charge in [0.25, 0.3) is 0 Å². The Morgan fingerprint density at radius 2 is 2.71 bits per heavy atom. The summed E-state index contributed by atoms with van der Waals surface area (Å²) < 4.78 is 0. The summed E-state index contributed by atoms with van der Waals surface area (Å²) in [6, 6.07) is 0.344. The summed E-state index contributed by atoms with van der Waals surface area (Å²) in [5.41, 5.74) is 5.01. The van der Waals surface area contributed by atoms with Crippen LogP contribution in [-0.4, -0.2) is 17.4 Å². The average molecular weight is 120 g/mol. The monoisotopic (exact) mass is 119 g/mol. The van der Waals surface area contributed by atoms with Gasteiger partial charge in [-0.3, -0.25) is 5.01 Å². The van der Waals surface area contributed by atoms with Gasteiger partial charge in [-0.1, -0.05) is 0 Å². The predicted molar refractivity (Wildman–Crippen MR) is 26.3 cm³/mol. The molecule has 0 aliphatic carbocycles. The molecule has 2 N–H and O–H groups in total. The van der Waals surface area contributed by atoms with E-state index in [1.165, 1.54) is 5.01 Å². The fourth-order valence-corrected chi connectivity index (χ4v) is 0.366. The van der Waals surface area contributed by atoms with Crippen LogP contribution in [0, 0.1) is 0 Å². The predicted octanol–water partition coefficient (Wildman–Crippen LogP) is -0.672. The molecule has 0 amide bonds.